The quantitative estimate of drug-likeness (QED) is 0.388. The number of aliphatic carboxylic acids is 1. The number of pyridine rings is 1. The fourth-order valence-electron chi connectivity index (χ4n) is 3.31. The van der Waals surface area contributed by atoms with Crippen molar-refractivity contribution in [3.8, 4) is 17.0 Å². The number of nitrogens with zero attached hydrogens (tertiary/aromatic N) is 3. The van der Waals surface area contributed by atoms with Crippen molar-refractivity contribution in [2.45, 2.75) is 19.1 Å². The molecule has 0 saturated carbocycles. The van der Waals surface area contributed by atoms with Gasteiger partial charge in [0.2, 0.25) is 0 Å². The second kappa shape index (κ2) is 9.62. The van der Waals surface area contributed by atoms with Gasteiger partial charge in [0.1, 0.15) is 36.1 Å². The third-order valence-corrected chi connectivity index (χ3v) is 5.13. The molecule has 0 bridgehead atoms. The van der Waals surface area contributed by atoms with Crippen molar-refractivity contribution in [3.05, 3.63) is 102 Å². The van der Waals surface area contributed by atoms with Crippen molar-refractivity contribution >= 4 is 11.8 Å². The van der Waals surface area contributed by atoms with Gasteiger partial charge in [-0.1, -0.05) is 6.07 Å². The zero-order valence-corrected chi connectivity index (χ0v) is 18.1. The van der Waals surface area contributed by atoms with Crippen molar-refractivity contribution in [2.75, 3.05) is 5.32 Å². The molecule has 9 heteroatoms. The third kappa shape index (κ3) is 5.15. The van der Waals surface area contributed by atoms with E-state index in [0.717, 1.165) is 11.6 Å². The molecule has 0 radical (unpaired) electrons. The molecule has 2 aromatic carbocycles. The Morgan fingerprint density at radius 3 is 2.38 bits per heavy atom. The number of aromatic nitrogens is 3. The van der Waals surface area contributed by atoms with E-state index in [1.807, 2.05) is 0 Å². The molecule has 0 fully saturated rings. The summed E-state index contributed by atoms with van der Waals surface area (Å²) in [6.07, 6.45) is 2.86. The maximum atomic E-state index is 13.3. The van der Waals surface area contributed by atoms with E-state index < -0.39 is 23.1 Å². The first-order valence-electron chi connectivity index (χ1n) is 10.3. The predicted molar refractivity (Wildman–Crippen MR) is 121 cm³/mol. The van der Waals surface area contributed by atoms with Crippen molar-refractivity contribution in [3.63, 3.8) is 0 Å². The lowest BCUT2D eigenvalue weighted by Crippen LogP contribution is -2.41. The molecule has 0 saturated heterocycles. The van der Waals surface area contributed by atoms with Crippen LogP contribution in [0.5, 0.6) is 5.75 Å². The average molecular weight is 462 g/mol. The Morgan fingerprint density at radius 2 is 1.74 bits per heavy atom. The van der Waals surface area contributed by atoms with Crippen LogP contribution in [0.4, 0.5) is 14.6 Å². The smallest absolute Gasteiger partial charge is 0.335 e. The van der Waals surface area contributed by atoms with Crippen molar-refractivity contribution in [1.82, 2.24) is 15.0 Å². The van der Waals surface area contributed by atoms with E-state index in [2.05, 4.69) is 20.3 Å². The van der Waals surface area contributed by atoms with Crippen LogP contribution in [0.25, 0.3) is 11.3 Å². The minimum atomic E-state index is -1.50. The number of rotatable bonds is 8. The molecule has 172 valence electrons. The zero-order chi connectivity index (χ0) is 24.1. The number of anilines is 1. The van der Waals surface area contributed by atoms with Crippen LogP contribution in [0.2, 0.25) is 0 Å². The molecular weight excluding hydrogens is 442 g/mol. The minimum Gasteiger partial charge on any atom is -0.489 e. The molecule has 0 spiro atoms. The van der Waals surface area contributed by atoms with E-state index in [1.54, 1.807) is 48.5 Å². The number of ether oxygens (including phenoxy) is 1. The summed E-state index contributed by atoms with van der Waals surface area (Å²) in [5.74, 6) is -1.61. The van der Waals surface area contributed by atoms with Gasteiger partial charge in [-0.25, -0.2) is 23.5 Å². The van der Waals surface area contributed by atoms with Gasteiger partial charge in [-0.3, -0.25) is 4.98 Å². The highest BCUT2D eigenvalue weighted by Gasteiger charge is 2.37. The van der Waals surface area contributed by atoms with Gasteiger partial charge in [-0.2, -0.15) is 0 Å². The summed E-state index contributed by atoms with van der Waals surface area (Å²) < 4.78 is 32.3. The maximum absolute atomic E-state index is 13.3. The molecule has 0 aliphatic heterocycles. The molecule has 0 aliphatic carbocycles. The summed E-state index contributed by atoms with van der Waals surface area (Å²) in [5, 5.41) is 12.8. The third-order valence-electron chi connectivity index (χ3n) is 5.13. The van der Waals surface area contributed by atoms with Crippen LogP contribution >= 0.6 is 0 Å². The lowest BCUT2D eigenvalue weighted by Gasteiger charge is -2.26. The monoisotopic (exact) mass is 462 g/mol. The molecule has 0 unspecified atom stereocenters. The van der Waals surface area contributed by atoms with Crippen LogP contribution < -0.4 is 10.1 Å². The number of nitrogens with one attached hydrogen (secondary N) is 1. The standard InChI is InChI=1S/C25H20F2N4O3/c1-25(24(32)33,22-4-2-3-9-28-22)31-23-13-21(29-15-30-23)17-5-7-20(8-6-17)34-14-16-10-18(26)12-19(27)11-16/h2-13,15H,14H2,1H3,(H,32,33)(H,29,30,31)/t25-/m1/s1. The van der Waals surface area contributed by atoms with Gasteiger partial charge in [0.15, 0.2) is 5.54 Å². The van der Waals surface area contributed by atoms with E-state index in [0.29, 0.717) is 28.5 Å². The molecule has 2 aromatic heterocycles. The molecule has 1 atom stereocenters. The fraction of sp³-hybridized carbons (Fsp3) is 0.120. The van der Waals surface area contributed by atoms with E-state index >= 15 is 0 Å². The van der Waals surface area contributed by atoms with Gasteiger partial charge in [-0.05, 0) is 61.0 Å². The summed E-state index contributed by atoms with van der Waals surface area (Å²) in [4.78, 5) is 24.6. The zero-order valence-electron chi connectivity index (χ0n) is 18.1. The summed E-state index contributed by atoms with van der Waals surface area (Å²) in [5.41, 5.74) is 0.514. The minimum absolute atomic E-state index is 0.0108. The Hall–Kier alpha value is -4.40. The Kier molecular flexibility index (Phi) is 6.44. The summed E-state index contributed by atoms with van der Waals surface area (Å²) >= 11 is 0. The van der Waals surface area contributed by atoms with Crippen molar-refractivity contribution in [2.24, 2.45) is 0 Å². The van der Waals surface area contributed by atoms with Crippen LogP contribution in [0.1, 0.15) is 18.2 Å². The first-order chi connectivity index (χ1) is 16.3. The first kappa shape index (κ1) is 22.8. The number of hydrogen-bond acceptors (Lipinski definition) is 6. The maximum Gasteiger partial charge on any atom is 0.335 e. The lowest BCUT2D eigenvalue weighted by atomic mass is 9.97. The van der Waals surface area contributed by atoms with Gasteiger partial charge in [0.05, 0.1) is 11.4 Å². The van der Waals surface area contributed by atoms with Gasteiger partial charge in [0.25, 0.3) is 0 Å². The lowest BCUT2D eigenvalue weighted by molar-refractivity contribution is -0.142. The average Bonchev–Trinajstić information content (AvgIpc) is 2.83. The SMILES string of the molecule is C[C@](Nc1cc(-c2ccc(OCc3cc(F)cc(F)c3)cc2)ncn1)(C(=O)O)c1ccccn1. The van der Waals surface area contributed by atoms with Gasteiger partial charge in [0, 0.05) is 23.9 Å². The topological polar surface area (TPSA) is 97.2 Å². The molecular formula is C25H20F2N4O3. The van der Waals surface area contributed by atoms with Gasteiger partial charge in [-0.15, -0.1) is 0 Å². The molecule has 0 amide bonds. The molecule has 2 N–H and O–H groups in total. The number of carboxylic acids is 1. The highest BCUT2D eigenvalue weighted by molar-refractivity contribution is 5.83. The van der Waals surface area contributed by atoms with Crippen LogP contribution in [0, 0.1) is 11.6 Å². The molecule has 34 heavy (non-hydrogen) atoms. The number of hydrogen-bond donors (Lipinski definition) is 2. The number of halogens is 2. The summed E-state index contributed by atoms with van der Waals surface area (Å²) in [6.45, 7) is 1.52. The number of benzene rings is 2. The summed E-state index contributed by atoms with van der Waals surface area (Å²) in [7, 11) is 0. The van der Waals surface area contributed by atoms with Crippen molar-refractivity contribution < 1.29 is 23.4 Å². The fourth-order valence-corrected chi connectivity index (χ4v) is 3.31. The highest BCUT2D eigenvalue weighted by atomic mass is 19.1. The second-order valence-corrected chi connectivity index (χ2v) is 7.65. The van der Waals surface area contributed by atoms with Crippen molar-refractivity contribution in [1.29, 1.82) is 0 Å². The van der Waals surface area contributed by atoms with E-state index in [1.165, 1.54) is 31.6 Å². The van der Waals surface area contributed by atoms with Gasteiger partial charge < -0.3 is 15.2 Å². The first-order valence-corrected chi connectivity index (χ1v) is 10.3. The molecule has 4 rings (SSSR count). The van der Waals surface area contributed by atoms with E-state index in [9.17, 15) is 18.7 Å². The summed E-state index contributed by atoms with van der Waals surface area (Å²) in [6, 6.07) is 16.8. The highest BCUT2D eigenvalue weighted by Crippen LogP contribution is 2.27. The number of carboxylic acid groups (broad SMARTS) is 1. The van der Waals surface area contributed by atoms with Crippen LogP contribution in [0.15, 0.2) is 79.3 Å². The molecule has 4 aromatic rings. The Labute approximate surface area is 194 Å². The largest absolute Gasteiger partial charge is 0.489 e. The Balaban J connectivity index is 1.49. The van der Waals surface area contributed by atoms with E-state index in [4.69, 9.17) is 4.74 Å². The van der Waals surface area contributed by atoms with Crippen LogP contribution in [-0.2, 0) is 16.9 Å². The van der Waals surface area contributed by atoms with Crippen LogP contribution in [-0.4, -0.2) is 26.0 Å². The normalized spacial score (nSPS) is 12.6. The van der Waals surface area contributed by atoms with Crippen LogP contribution in [0.3, 0.4) is 0 Å². The predicted octanol–water partition coefficient (Wildman–Crippen LogP) is 4.81. The Morgan fingerprint density at radius 1 is 1.00 bits per heavy atom. The second-order valence-electron chi connectivity index (χ2n) is 7.65. The molecule has 7 nitrogen and oxygen atoms in total. The molecule has 0 aliphatic rings. The Bertz CT molecular complexity index is 1280. The molecule has 2 heterocycles. The number of carbonyl (C=O) groups is 1. The van der Waals surface area contributed by atoms with Gasteiger partial charge >= 0.3 is 5.97 Å². The van der Waals surface area contributed by atoms with E-state index in [-0.39, 0.29) is 6.61 Å².